The molecule has 1 heterocycles. The fraction of sp³-hybridized carbons (Fsp3) is 0.308. The van der Waals surface area contributed by atoms with Gasteiger partial charge in [-0.2, -0.15) is 5.26 Å². The van der Waals surface area contributed by atoms with E-state index in [0.717, 1.165) is 5.01 Å². The average molecular weight is 537 g/mol. The molecule has 0 aromatic heterocycles. The van der Waals surface area contributed by atoms with Gasteiger partial charge in [-0.1, -0.05) is 26.0 Å². The summed E-state index contributed by atoms with van der Waals surface area (Å²) in [5.41, 5.74) is -0.0928. The van der Waals surface area contributed by atoms with E-state index in [1.807, 2.05) is 6.07 Å². The Hall–Kier alpha value is -4.96. The largest absolute Gasteiger partial charge is 0.481 e. The Kier molecular flexibility index (Phi) is 8.52. The number of hydrazine groups is 1. The van der Waals surface area contributed by atoms with Crippen LogP contribution in [0, 0.1) is 40.2 Å². The lowest BCUT2D eigenvalue weighted by atomic mass is 9.89. The van der Waals surface area contributed by atoms with Gasteiger partial charge in [0.2, 0.25) is 0 Å². The van der Waals surface area contributed by atoms with Gasteiger partial charge in [-0.25, -0.2) is 15.8 Å². The number of nitriles is 1. The van der Waals surface area contributed by atoms with E-state index in [0.29, 0.717) is 11.1 Å². The summed E-state index contributed by atoms with van der Waals surface area (Å²) in [7, 11) is 3.17. The zero-order valence-electron chi connectivity index (χ0n) is 22.0. The molecule has 2 aromatic rings. The summed E-state index contributed by atoms with van der Waals surface area (Å²) in [5, 5.41) is 32.3. The van der Waals surface area contributed by atoms with E-state index in [1.165, 1.54) is 23.1 Å². The topological polar surface area (TPSA) is 185 Å². The molecule has 2 atom stereocenters. The molecule has 0 aliphatic carbocycles. The number of carbonyl (C=O) groups excluding carboxylic acids is 1. The molecule has 1 aliphatic heterocycles. The molecule has 0 spiro atoms. The third kappa shape index (κ3) is 6.13. The molecule has 1 aliphatic rings. The van der Waals surface area contributed by atoms with Gasteiger partial charge in [0, 0.05) is 19.7 Å². The number of benzene rings is 2. The number of hydrogen-bond acceptors (Lipinski definition) is 10. The molecule has 13 nitrogen and oxygen atoms in total. The summed E-state index contributed by atoms with van der Waals surface area (Å²) >= 11 is 0. The molecule has 0 radical (unpaired) electrons. The molecular formula is C26H28N6O7. The Morgan fingerprint density at radius 1 is 1.26 bits per heavy atom. The van der Waals surface area contributed by atoms with Crippen LogP contribution in [0.4, 0.5) is 0 Å². The lowest BCUT2D eigenvalue weighted by molar-refractivity contribution is -0.420. The van der Waals surface area contributed by atoms with Gasteiger partial charge in [-0.3, -0.25) is 19.7 Å². The first-order chi connectivity index (χ1) is 18.3. The van der Waals surface area contributed by atoms with Gasteiger partial charge in [-0.15, -0.1) is 0 Å². The molecule has 0 saturated carbocycles. The maximum atomic E-state index is 12.4. The maximum Gasteiger partial charge on any atom is 0.352 e. The highest BCUT2D eigenvalue weighted by Crippen LogP contribution is 2.32. The predicted octanol–water partition coefficient (Wildman–Crippen LogP) is 2.74. The zero-order chi connectivity index (χ0) is 29.0. The van der Waals surface area contributed by atoms with E-state index < -0.39 is 46.4 Å². The molecule has 0 saturated heterocycles. The van der Waals surface area contributed by atoms with Crippen molar-refractivity contribution in [1.82, 2.24) is 9.91 Å². The third-order valence-electron chi connectivity index (χ3n) is 5.83. The number of nitrogens with zero attached hydrogens (tertiary/aromatic N) is 5. The number of carboxylic acid groups (broad SMARTS) is 1. The van der Waals surface area contributed by atoms with E-state index >= 15 is 0 Å². The summed E-state index contributed by atoms with van der Waals surface area (Å²) in [4.78, 5) is 41.7. The first kappa shape index (κ1) is 28.6. The van der Waals surface area contributed by atoms with Crippen molar-refractivity contribution >= 4 is 17.6 Å². The van der Waals surface area contributed by atoms with Crippen LogP contribution in [0.15, 0.2) is 59.0 Å². The smallest absolute Gasteiger partial charge is 0.352 e. The minimum Gasteiger partial charge on any atom is -0.481 e. The van der Waals surface area contributed by atoms with E-state index in [4.69, 9.17) is 15.3 Å². The molecule has 0 bridgehead atoms. The second kappa shape index (κ2) is 11.6. The van der Waals surface area contributed by atoms with Crippen LogP contribution in [-0.4, -0.2) is 58.0 Å². The van der Waals surface area contributed by atoms with Crippen molar-refractivity contribution in [2.24, 2.45) is 22.7 Å². The lowest BCUT2D eigenvalue weighted by Crippen LogP contribution is -2.51. The number of carboxylic acids is 1. The van der Waals surface area contributed by atoms with Crippen LogP contribution in [0.5, 0.6) is 11.5 Å². The van der Waals surface area contributed by atoms with Gasteiger partial charge >= 0.3 is 11.7 Å². The Balaban J connectivity index is 2.18. The van der Waals surface area contributed by atoms with E-state index in [2.05, 4.69) is 4.99 Å². The number of ether oxygens (including phenoxy) is 2. The number of rotatable bonds is 9. The molecule has 204 valence electrons. The van der Waals surface area contributed by atoms with Crippen LogP contribution in [0.1, 0.15) is 35.3 Å². The molecule has 1 amide bonds. The maximum absolute atomic E-state index is 12.4. The van der Waals surface area contributed by atoms with Gasteiger partial charge in [0.1, 0.15) is 23.1 Å². The monoisotopic (exact) mass is 536 g/mol. The first-order valence-corrected chi connectivity index (χ1v) is 11.8. The van der Waals surface area contributed by atoms with Crippen molar-refractivity contribution in [2.45, 2.75) is 27.1 Å². The quantitative estimate of drug-likeness (QED) is 0.274. The van der Waals surface area contributed by atoms with Crippen molar-refractivity contribution in [3.8, 4) is 17.6 Å². The minimum atomic E-state index is -1.50. The normalized spacial score (nSPS) is 15.8. The number of hydrogen-bond donors (Lipinski definition) is 2. The van der Waals surface area contributed by atoms with Crippen LogP contribution < -0.4 is 15.3 Å². The summed E-state index contributed by atoms with van der Waals surface area (Å²) in [6, 6.07) is 12.6. The molecule has 2 unspecified atom stereocenters. The van der Waals surface area contributed by atoms with Gasteiger partial charge in [0.25, 0.3) is 18.1 Å². The van der Waals surface area contributed by atoms with Crippen LogP contribution in [-0.2, 0) is 4.79 Å². The molecule has 13 heteroatoms. The van der Waals surface area contributed by atoms with Crippen molar-refractivity contribution in [1.29, 1.82) is 5.26 Å². The highest BCUT2D eigenvalue weighted by molar-refractivity contribution is 6.10. The Bertz CT molecular complexity index is 1410. The Morgan fingerprint density at radius 3 is 2.51 bits per heavy atom. The van der Waals surface area contributed by atoms with Crippen LogP contribution >= 0.6 is 0 Å². The molecule has 3 rings (SSSR count). The first-order valence-electron chi connectivity index (χ1n) is 11.8. The average Bonchev–Trinajstić information content (AvgIpc) is 2.86. The minimum absolute atomic E-state index is 0.0915. The molecule has 2 aromatic carbocycles. The number of aryl methyl sites for hydroxylation is 1. The van der Waals surface area contributed by atoms with Crippen molar-refractivity contribution in [2.75, 3.05) is 14.1 Å². The summed E-state index contributed by atoms with van der Waals surface area (Å²) in [5.74, 6) is 2.32. The second-order valence-corrected chi connectivity index (χ2v) is 9.26. The molecule has 3 N–H and O–H groups in total. The van der Waals surface area contributed by atoms with E-state index in [1.54, 1.807) is 59.1 Å². The highest BCUT2D eigenvalue weighted by atomic mass is 16.6. The lowest BCUT2D eigenvalue weighted by Gasteiger charge is -2.33. The standard InChI is InChI=1S/C26H28N6O7/c1-14(2)20(25(34)35)21-22(32(36)37)24(39-19-11-16(13-27)10-9-15(19)3)31(28)26(29-21)38-18-8-6-7-17(12-18)23(33)30(4)5/h6-12,14,20,26H,28H2,1-5H3,(H,34,35). The number of aliphatic carboxylic acids is 1. The predicted molar refractivity (Wildman–Crippen MR) is 139 cm³/mol. The number of nitro groups is 1. The summed E-state index contributed by atoms with van der Waals surface area (Å²) < 4.78 is 11.8. The number of carbonyl (C=O) groups is 2. The molecule has 0 fully saturated rings. The molecule has 39 heavy (non-hydrogen) atoms. The summed E-state index contributed by atoms with van der Waals surface area (Å²) in [6.07, 6.45) is -1.50. The fourth-order valence-corrected chi connectivity index (χ4v) is 3.84. The molecular weight excluding hydrogens is 508 g/mol. The number of aliphatic imine (C=N–C) groups is 1. The van der Waals surface area contributed by atoms with Gasteiger partial charge in [0.15, 0.2) is 0 Å². The van der Waals surface area contributed by atoms with Crippen molar-refractivity contribution in [3.63, 3.8) is 0 Å². The van der Waals surface area contributed by atoms with Crippen LogP contribution in [0.25, 0.3) is 0 Å². The summed E-state index contributed by atoms with van der Waals surface area (Å²) in [6.45, 7) is 4.83. The zero-order valence-corrected chi connectivity index (χ0v) is 22.0. The highest BCUT2D eigenvalue weighted by Gasteiger charge is 2.46. The van der Waals surface area contributed by atoms with Gasteiger partial charge in [-0.05, 0) is 48.7 Å². The number of amides is 1. The second-order valence-electron chi connectivity index (χ2n) is 9.26. The fourth-order valence-electron chi connectivity index (χ4n) is 3.84. The van der Waals surface area contributed by atoms with Gasteiger partial charge in [0.05, 0.1) is 16.6 Å². The Morgan fingerprint density at radius 2 is 1.95 bits per heavy atom. The van der Waals surface area contributed by atoms with Crippen molar-refractivity contribution in [3.05, 3.63) is 80.8 Å². The van der Waals surface area contributed by atoms with Gasteiger partial charge < -0.3 is 19.5 Å². The van der Waals surface area contributed by atoms with E-state index in [-0.39, 0.29) is 23.0 Å². The number of allylic oxidation sites excluding steroid dienone is 1. The third-order valence-corrected chi connectivity index (χ3v) is 5.83. The Labute approximate surface area is 224 Å². The van der Waals surface area contributed by atoms with Crippen LogP contribution in [0.3, 0.4) is 0 Å². The van der Waals surface area contributed by atoms with Crippen molar-refractivity contribution < 1.29 is 29.1 Å². The number of nitrogens with two attached hydrogens (primary N) is 1. The SMILES string of the molecule is Cc1ccc(C#N)cc1OC1=C([N+](=O)[O-])C(C(C(=O)O)C(C)C)=NC(Oc2cccc(C(=O)N(C)C)c2)N1N. The van der Waals surface area contributed by atoms with Crippen LogP contribution in [0.2, 0.25) is 0 Å². The van der Waals surface area contributed by atoms with E-state index in [9.17, 15) is 30.1 Å².